The van der Waals surface area contributed by atoms with Crippen LogP contribution >= 0.6 is 22.7 Å². The zero-order valence-electron chi connectivity index (χ0n) is 29.2. The predicted molar refractivity (Wildman–Crippen MR) is 203 cm³/mol. The lowest BCUT2D eigenvalue weighted by atomic mass is 10.0. The van der Waals surface area contributed by atoms with Gasteiger partial charge in [-0.05, 0) is 79.4 Å². The number of rotatable bonds is 19. The number of hydrogen-bond acceptors (Lipinski definition) is 9. The van der Waals surface area contributed by atoms with Gasteiger partial charge in [0.05, 0.1) is 16.9 Å². The van der Waals surface area contributed by atoms with Crippen molar-refractivity contribution in [1.29, 1.82) is 0 Å². The molecule has 7 nitrogen and oxygen atoms in total. The Labute approximate surface area is 302 Å². The second kappa shape index (κ2) is 18.8. The number of benzene rings is 3. The van der Waals surface area contributed by atoms with Crippen molar-refractivity contribution in [1.82, 2.24) is 0 Å². The molecule has 2 heterocycles. The van der Waals surface area contributed by atoms with Crippen LogP contribution in [-0.4, -0.2) is 37.2 Å². The van der Waals surface area contributed by atoms with E-state index >= 15 is 0 Å². The minimum atomic E-state index is -0.633. The van der Waals surface area contributed by atoms with E-state index in [1.807, 2.05) is 42.5 Å². The van der Waals surface area contributed by atoms with Crippen LogP contribution in [-0.2, 0) is 14.3 Å². The highest BCUT2D eigenvalue weighted by molar-refractivity contribution is 7.33. The molecule has 0 bridgehead atoms. The molecule has 264 valence electrons. The van der Waals surface area contributed by atoms with Gasteiger partial charge in [0.15, 0.2) is 6.10 Å². The molecule has 0 aliphatic carbocycles. The van der Waals surface area contributed by atoms with Gasteiger partial charge in [-0.2, -0.15) is 0 Å². The van der Waals surface area contributed by atoms with Gasteiger partial charge >= 0.3 is 17.9 Å². The summed E-state index contributed by atoms with van der Waals surface area (Å²) >= 11 is 2.93. The molecule has 1 atom stereocenters. The number of ether oxygens (including phenoxy) is 4. The van der Waals surface area contributed by atoms with Gasteiger partial charge in [-0.15, -0.1) is 22.7 Å². The van der Waals surface area contributed by atoms with Crippen molar-refractivity contribution in [3.63, 3.8) is 0 Å². The minimum absolute atomic E-state index is 0.309. The molecule has 0 aliphatic rings. The van der Waals surface area contributed by atoms with Crippen LogP contribution in [0.15, 0.2) is 72.8 Å². The second-order valence-electron chi connectivity index (χ2n) is 12.5. The highest BCUT2D eigenvalue weighted by Gasteiger charge is 2.19. The van der Waals surface area contributed by atoms with Crippen LogP contribution in [0.4, 0.5) is 0 Å². The molecule has 9 heteroatoms. The van der Waals surface area contributed by atoms with Crippen LogP contribution in [0.1, 0.15) is 105 Å². The van der Waals surface area contributed by atoms with E-state index in [2.05, 4.69) is 13.8 Å². The Morgan fingerprint density at radius 3 is 1.96 bits per heavy atom. The molecule has 0 N–H and O–H groups in total. The molecule has 0 fully saturated rings. The molecule has 0 aliphatic heterocycles. The smallest absolute Gasteiger partial charge is 0.353 e. The number of unbranched alkanes of at least 4 members (excludes halogenated alkanes) is 8. The van der Waals surface area contributed by atoms with Crippen LogP contribution in [0, 0.1) is 0 Å². The lowest BCUT2D eigenvalue weighted by Crippen LogP contribution is -2.26. The van der Waals surface area contributed by atoms with Crippen molar-refractivity contribution < 1.29 is 33.3 Å². The maximum absolute atomic E-state index is 13.1. The Balaban J connectivity index is 1.12. The quantitative estimate of drug-likeness (QED) is 0.0478. The third kappa shape index (κ3) is 10.2. The first-order valence-electron chi connectivity index (χ1n) is 17.8. The summed E-state index contributed by atoms with van der Waals surface area (Å²) in [6.45, 7) is 7.07. The maximum Gasteiger partial charge on any atom is 0.353 e. The maximum atomic E-state index is 13.1. The molecule has 50 heavy (non-hydrogen) atoms. The van der Waals surface area contributed by atoms with Gasteiger partial charge in [-0.1, -0.05) is 89.5 Å². The second-order valence-corrected chi connectivity index (χ2v) is 14.6. The fraction of sp³-hybridized carbons (Fsp3) is 0.390. The Hall–Kier alpha value is -4.05. The van der Waals surface area contributed by atoms with Crippen molar-refractivity contribution in [2.45, 2.75) is 91.1 Å². The van der Waals surface area contributed by atoms with E-state index in [0.29, 0.717) is 35.2 Å². The highest BCUT2D eigenvalue weighted by atomic mass is 32.1. The van der Waals surface area contributed by atoms with Crippen LogP contribution in [0.25, 0.3) is 30.6 Å². The van der Waals surface area contributed by atoms with E-state index in [0.717, 1.165) is 69.1 Å². The molecular weight excluding hydrogens is 669 g/mol. The van der Waals surface area contributed by atoms with E-state index in [4.69, 9.17) is 18.9 Å². The normalized spacial score (nSPS) is 11.9. The monoisotopic (exact) mass is 714 g/mol. The zero-order valence-corrected chi connectivity index (χ0v) is 30.8. The van der Waals surface area contributed by atoms with Crippen molar-refractivity contribution in [2.24, 2.45) is 0 Å². The van der Waals surface area contributed by atoms with Crippen molar-refractivity contribution in [3.05, 3.63) is 83.2 Å². The van der Waals surface area contributed by atoms with Crippen molar-refractivity contribution >= 4 is 60.1 Å². The third-order valence-corrected chi connectivity index (χ3v) is 10.9. The van der Waals surface area contributed by atoms with Gasteiger partial charge in [0, 0.05) is 21.4 Å². The summed E-state index contributed by atoms with van der Waals surface area (Å²) < 4.78 is 25.4. The van der Waals surface area contributed by atoms with Gasteiger partial charge < -0.3 is 18.9 Å². The first-order valence-corrected chi connectivity index (χ1v) is 19.4. The number of carbonyl (C=O) groups is 3. The fourth-order valence-corrected chi connectivity index (χ4v) is 7.98. The average Bonchev–Trinajstić information content (AvgIpc) is 3.69. The van der Waals surface area contributed by atoms with Gasteiger partial charge in [-0.3, -0.25) is 0 Å². The Kier molecular flexibility index (Phi) is 14.0. The minimum Gasteiger partial charge on any atom is -0.462 e. The van der Waals surface area contributed by atoms with E-state index in [1.54, 1.807) is 48.6 Å². The fourth-order valence-electron chi connectivity index (χ4n) is 5.55. The topological polar surface area (TPSA) is 88.1 Å². The Morgan fingerprint density at radius 2 is 1.24 bits per heavy atom. The molecule has 0 unspecified atom stereocenters. The van der Waals surface area contributed by atoms with Gasteiger partial charge in [-0.25, -0.2) is 14.4 Å². The molecule has 3 aromatic carbocycles. The zero-order chi connectivity index (χ0) is 35.3. The van der Waals surface area contributed by atoms with Gasteiger partial charge in [0.2, 0.25) is 0 Å². The summed E-state index contributed by atoms with van der Waals surface area (Å²) in [5, 5.41) is 0.997. The van der Waals surface area contributed by atoms with Crippen molar-refractivity contribution in [2.75, 3.05) is 13.2 Å². The van der Waals surface area contributed by atoms with Crippen LogP contribution in [0.5, 0.6) is 11.5 Å². The Bertz CT molecular complexity index is 1850. The highest BCUT2D eigenvalue weighted by Crippen LogP contribution is 2.41. The lowest BCUT2D eigenvalue weighted by Gasteiger charge is -2.12. The summed E-state index contributed by atoms with van der Waals surface area (Å²) in [7, 11) is 0. The van der Waals surface area contributed by atoms with Crippen LogP contribution in [0.3, 0.4) is 0 Å². The molecule has 5 aromatic rings. The summed E-state index contributed by atoms with van der Waals surface area (Å²) in [5.74, 6) is -0.217. The first-order chi connectivity index (χ1) is 24.4. The standard InChI is InChI=1S/C41H46O7S2/c1-4-6-8-10-11-13-24-45-28(3)39(42)48-33-22-23-34-35(26-33)49-36-27-37(50-38(34)36)41(44)47-32-20-18-30(19-21-32)29-14-16-31(17-15-29)40(43)46-25-12-9-7-5-2/h14-23,26-28H,4-13,24-25H2,1-3H3/t28-/m0/s1. The average molecular weight is 715 g/mol. The summed E-state index contributed by atoms with van der Waals surface area (Å²) in [4.78, 5) is 38.5. The van der Waals surface area contributed by atoms with Crippen LogP contribution < -0.4 is 9.47 Å². The number of esters is 3. The molecule has 0 amide bonds. The molecule has 0 saturated heterocycles. The van der Waals surface area contributed by atoms with E-state index < -0.39 is 18.0 Å². The Morgan fingerprint density at radius 1 is 0.620 bits per heavy atom. The first kappa shape index (κ1) is 37.2. The van der Waals surface area contributed by atoms with Gasteiger partial charge in [0.25, 0.3) is 0 Å². The van der Waals surface area contributed by atoms with E-state index in [1.165, 1.54) is 37.0 Å². The SMILES string of the molecule is CCCCCCCCO[C@@H](C)C(=O)Oc1ccc2c(c1)sc1cc(C(=O)Oc3ccc(-c4ccc(C(=O)OCCCCCC)cc4)cc3)sc12. The van der Waals surface area contributed by atoms with E-state index in [9.17, 15) is 14.4 Å². The largest absolute Gasteiger partial charge is 0.462 e. The number of carbonyl (C=O) groups excluding carboxylic acids is 3. The summed E-state index contributed by atoms with van der Waals surface area (Å²) in [6.07, 6.45) is 10.6. The molecule has 2 aromatic heterocycles. The molecule has 5 rings (SSSR count). The molecular formula is C41H46O7S2. The summed E-state index contributed by atoms with van der Waals surface area (Å²) in [6, 6.07) is 22.0. The molecule has 0 spiro atoms. The summed E-state index contributed by atoms with van der Waals surface area (Å²) in [5.41, 5.74) is 2.40. The lowest BCUT2D eigenvalue weighted by molar-refractivity contribution is -0.146. The molecule has 0 radical (unpaired) electrons. The van der Waals surface area contributed by atoms with Crippen molar-refractivity contribution in [3.8, 4) is 22.6 Å². The number of fused-ring (bicyclic) bond motifs is 3. The van der Waals surface area contributed by atoms with Crippen LogP contribution in [0.2, 0.25) is 0 Å². The third-order valence-electron chi connectivity index (χ3n) is 8.48. The number of hydrogen-bond donors (Lipinski definition) is 0. The van der Waals surface area contributed by atoms with Gasteiger partial charge in [0.1, 0.15) is 16.4 Å². The van der Waals surface area contributed by atoms with E-state index in [-0.39, 0.29) is 5.97 Å². The molecule has 0 saturated carbocycles. The number of thiophene rings is 2. The predicted octanol–water partition coefficient (Wildman–Crippen LogP) is 11.4.